The fourth-order valence-electron chi connectivity index (χ4n) is 3.82. The van der Waals surface area contributed by atoms with Gasteiger partial charge >= 0.3 is 0 Å². The van der Waals surface area contributed by atoms with Crippen molar-refractivity contribution in [2.45, 2.75) is 103 Å². The van der Waals surface area contributed by atoms with Gasteiger partial charge in [0.15, 0.2) is 8.32 Å². The molecule has 2 atom stereocenters. The first-order valence-electron chi connectivity index (χ1n) is 10.7. The molecular formula is C23H42OSi. The predicted octanol–water partition coefficient (Wildman–Crippen LogP) is 7.93. The molecule has 1 nitrogen and oxygen atoms in total. The van der Waals surface area contributed by atoms with Crippen LogP contribution in [-0.2, 0) is 4.43 Å². The number of unbranched alkanes of at least 4 members (excludes halogenated alkanes) is 9. The maximum Gasteiger partial charge on any atom is 0.189 e. The molecule has 0 bridgehead atoms. The number of hydrogen-bond donors (Lipinski definition) is 0. The topological polar surface area (TPSA) is 9.23 Å². The zero-order valence-corrected chi connectivity index (χ0v) is 18.4. The van der Waals surface area contributed by atoms with E-state index in [4.69, 9.17) is 4.43 Å². The van der Waals surface area contributed by atoms with Gasteiger partial charge in [-0.05, 0) is 30.1 Å². The largest absolute Gasteiger partial charge is 0.420 e. The summed E-state index contributed by atoms with van der Waals surface area (Å²) in [6.45, 7) is 7.08. The van der Waals surface area contributed by atoms with Crippen LogP contribution in [0.4, 0.5) is 0 Å². The van der Waals surface area contributed by atoms with Crippen molar-refractivity contribution in [3.63, 3.8) is 0 Å². The van der Waals surface area contributed by atoms with Crippen molar-refractivity contribution in [2.75, 3.05) is 7.11 Å². The second-order valence-electron chi connectivity index (χ2n) is 8.10. The van der Waals surface area contributed by atoms with Crippen LogP contribution < -0.4 is 0 Å². The molecule has 144 valence electrons. The molecule has 0 aliphatic heterocycles. The third kappa shape index (κ3) is 10.2. The van der Waals surface area contributed by atoms with Crippen LogP contribution in [0.2, 0.25) is 18.6 Å². The van der Waals surface area contributed by atoms with Crippen molar-refractivity contribution in [3.05, 3.63) is 35.9 Å². The molecule has 1 aromatic rings. The minimum atomic E-state index is -1.56. The Bertz CT molecular complexity index is 419. The zero-order chi connectivity index (χ0) is 18.4. The average molecular weight is 363 g/mol. The summed E-state index contributed by atoms with van der Waals surface area (Å²) < 4.78 is 6.05. The number of rotatable bonds is 15. The Morgan fingerprint density at radius 3 is 1.88 bits per heavy atom. The lowest BCUT2D eigenvalue weighted by atomic mass is 10.0. The first-order chi connectivity index (χ1) is 12.1. The second kappa shape index (κ2) is 13.6. The molecule has 0 saturated heterocycles. The monoisotopic (exact) mass is 362 g/mol. The highest BCUT2D eigenvalue weighted by Gasteiger charge is 2.29. The van der Waals surface area contributed by atoms with E-state index in [0.717, 1.165) is 0 Å². The number of hydrogen-bond acceptors (Lipinski definition) is 1. The van der Waals surface area contributed by atoms with Gasteiger partial charge in [-0.25, -0.2) is 0 Å². The van der Waals surface area contributed by atoms with E-state index in [1.165, 1.54) is 81.9 Å². The molecule has 0 N–H and O–H groups in total. The van der Waals surface area contributed by atoms with Gasteiger partial charge < -0.3 is 4.43 Å². The predicted molar refractivity (Wildman–Crippen MR) is 115 cm³/mol. The lowest BCUT2D eigenvalue weighted by molar-refractivity contribution is 0.389. The number of benzene rings is 1. The van der Waals surface area contributed by atoms with E-state index in [-0.39, 0.29) is 0 Å². The summed E-state index contributed by atoms with van der Waals surface area (Å²) in [7, 11) is 0.385. The molecule has 25 heavy (non-hydrogen) atoms. The third-order valence-corrected chi connectivity index (χ3v) is 9.53. The van der Waals surface area contributed by atoms with Crippen LogP contribution in [-0.4, -0.2) is 15.4 Å². The molecule has 0 amide bonds. The summed E-state index contributed by atoms with van der Waals surface area (Å²) in [5, 5.41) is 0. The lowest BCUT2D eigenvalue weighted by Crippen LogP contribution is -2.34. The molecule has 0 heterocycles. The van der Waals surface area contributed by atoms with Crippen molar-refractivity contribution in [2.24, 2.45) is 0 Å². The van der Waals surface area contributed by atoms with Gasteiger partial charge in [0.25, 0.3) is 0 Å². The minimum absolute atomic E-state index is 0.612. The molecule has 0 radical (unpaired) electrons. The molecule has 0 spiro atoms. The van der Waals surface area contributed by atoms with Crippen molar-refractivity contribution in [1.29, 1.82) is 0 Å². The molecule has 0 aliphatic rings. The smallest absolute Gasteiger partial charge is 0.189 e. The van der Waals surface area contributed by atoms with Crippen LogP contribution in [0.5, 0.6) is 0 Å². The highest BCUT2D eigenvalue weighted by atomic mass is 28.4. The van der Waals surface area contributed by atoms with Gasteiger partial charge in [0, 0.05) is 7.11 Å². The van der Waals surface area contributed by atoms with Crippen LogP contribution in [0.3, 0.4) is 0 Å². The first kappa shape index (κ1) is 22.4. The molecule has 1 aromatic carbocycles. The van der Waals surface area contributed by atoms with Crippen LogP contribution in [0.15, 0.2) is 30.3 Å². The van der Waals surface area contributed by atoms with E-state index in [0.29, 0.717) is 5.92 Å². The Kier molecular flexibility index (Phi) is 12.2. The van der Waals surface area contributed by atoms with Crippen molar-refractivity contribution in [1.82, 2.24) is 0 Å². The van der Waals surface area contributed by atoms with Gasteiger partial charge in [-0.2, -0.15) is 0 Å². The van der Waals surface area contributed by atoms with E-state index in [1.54, 1.807) is 0 Å². The van der Waals surface area contributed by atoms with E-state index in [1.807, 2.05) is 7.11 Å². The Morgan fingerprint density at radius 1 is 0.840 bits per heavy atom. The molecular weight excluding hydrogens is 320 g/mol. The van der Waals surface area contributed by atoms with E-state index in [2.05, 4.69) is 50.7 Å². The van der Waals surface area contributed by atoms with Gasteiger partial charge in [-0.3, -0.25) is 0 Å². The summed E-state index contributed by atoms with van der Waals surface area (Å²) >= 11 is 0. The van der Waals surface area contributed by atoms with Gasteiger partial charge in [0.2, 0.25) is 0 Å². The summed E-state index contributed by atoms with van der Waals surface area (Å²) in [6.07, 6.45) is 14.1. The summed E-state index contributed by atoms with van der Waals surface area (Å²) in [4.78, 5) is 0. The standard InChI is InChI=1S/C23H42OSi/c1-5-6-7-8-9-10-11-12-13-17-20-25(4,24-3)21-22(2)23-18-15-14-16-19-23/h14-16,18-19,22H,5-13,17,20-21H2,1-4H3. The van der Waals surface area contributed by atoms with Crippen LogP contribution in [0.1, 0.15) is 89.5 Å². The van der Waals surface area contributed by atoms with Crippen molar-refractivity contribution >= 4 is 8.32 Å². The zero-order valence-electron chi connectivity index (χ0n) is 17.4. The third-order valence-electron chi connectivity index (χ3n) is 5.66. The SMILES string of the molecule is CCCCCCCCCCCC[Si](C)(CC(C)c1ccccc1)OC. The quantitative estimate of drug-likeness (QED) is 0.227. The first-order valence-corrected chi connectivity index (χ1v) is 13.5. The Hall–Kier alpha value is -0.603. The molecule has 2 heteroatoms. The maximum absolute atomic E-state index is 6.05. The van der Waals surface area contributed by atoms with Crippen LogP contribution >= 0.6 is 0 Å². The van der Waals surface area contributed by atoms with E-state index >= 15 is 0 Å². The highest BCUT2D eigenvalue weighted by Crippen LogP contribution is 2.30. The average Bonchev–Trinajstić information content (AvgIpc) is 2.64. The Balaban J connectivity index is 2.16. The molecule has 0 aromatic heterocycles. The van der Waals surface area contributed by atoms with Crippen molar-refractivity contribution in [3.8, 4) is 0 Å². The van der Waals surface area contributed by atoms with Gasteiger partial charge in [0.05, 0.1) is 0 Å². The van der Waals surface area contributed by atoms with Crippen molar-refractivity contribution < 1.29 is 4.43 Å². The van der Waals surface area contributed by atoms with E-state index in [9.17, 15) is 0 Å². The minimum Gasteiger partial charge on any atom is -0.420 e. The molecule has 0 aliphatic carbocycles. The van der Waals surface area contributed by atoms with Gasteiger partial charge in [0.1, 0.15) is 0 Å². The van der Waals surface area contributed by atoms with Crippen LogP contribution in [0, 0.1) is 0 Å². The molecule has 1 rings (SSSR count). The van der Waals surface area contributed by atoms with Gasteiger partial charge in [-0.15, -0.1) is 0 Å². The summed E-state index contributed by atoms with van der Waals surface area (Å²) in [6, 6.07) is 13.5. The Morgan fingerprint density at radius 2 is 1.36 bits per heavy atom. The highest BCUT2D eigenvalue weighted by molar-refractivity contribution is 6.72. The lowest BCUT2D eigenvalue weighted by Gasteiger charge is -2.28. The molecule has 0 saturated carbocycles. The summed E-state index contributed by atoms with van der Waals surface area (Å²) in [5.74, 6) is 0.612. The normalized spacial score (nSPS) is 15.0. The maximum atomic E-state index is 6.05. The second-order valence-corrected chi connectivity index (χ2v) is 12.3. The van der Waals surface area contributed by atoms with E-state index < -0.39 is 8.32 Å². The Labute approximate surface area is 158 Å². The fourth-order valence-corrected chi connectivity index (χ4v) is 6.92. The summed E-state index contributed by atoms with van der Waals surface area (Å²) in [5.41, 5.74) is 1.46. The fraction of sp³-hybridized carbons (Fsp3) is 0.739. The van der Waals surface area contributed by atoms with Crippen LogP contribution in [0.25, 0.3) is 0 Å². The molecule has 0 fully saturated rings. The van der Waals surface area contributed by atoms with Gasteiger partial charge in [-0.1, -0.05) is 108 Å². The molecule has 2 unspecified atom stereocenters.